The molecule has 2 aromatic rings. The van der Waals surface area contributed by atoms with Gasteiger partial charge in [0.1, 0.15) is 0 Å². The van der Waals surface area contributed by atoms with Crippen molar-refractivity contribution < 1.29 is 0 Å². The summed E-state index contributed by atoms with van der Waals surface area (Å²) in [6, 6.07) is 8.84. The van der Waals surface area contributed by atoms with E-state index in [4.69, 9.17) is 0 Å². The number of hydrogen-bond donors (Lipinski definition) is 1. The molecule has 3 rings (SSSR count). The zero-order valence-electron chi connectivity index (χ0n) is 12.6. The summed E-state index contributed by atoms with van der Waals surface area (Å²) in [5.74, 6) is 0. The lowest BCUT2D eigenvalue weighted by Crippen LogP contribution is -2.29. The Morgan fingerprint density at radius 3 is 2.57 bits per heavy atom. The van der Waals surface area contributed by atoms with Crippen LogP contribution >= 0.6 is 11.3 Å². The molecular formula is C17H23N3S. The Balaban J connectivity index is 1.56. The van der Waals surface area contributed by atoms with E-state index in [-0.39, 0.29) is 0 Å². The number of hydrogen-bond acceptors (Lipinski definition) is 4. The van der Waals surface area contributed by atoms with Crippen LogP contribution in [-0.2, 0) is 13.0 Å². The van der Waals surface area contributed by atoms with Gasteiger partial charge in [-0.1, -0.05) is 6.92 Å². The van der Waals surface area contributed by atoms with Gasteiger partial charge in [0.15, 0.2) is 0 Å². The zero-order valence-corrected chi connectivity index (χ0v) is 13.5. The molecular weight excluding hydrogens is 278 g/mol. The maximum absolute atomic E-state index is 4.39. The van der Waals surface area contributed by atoms with Crippen LogP contribution in [0, 0.1) is 0 Å². The third-order valence-electron chi connectivity index (χ3n) is 3.96. The van der Waals surface area contributed by atoms with Gasteiger partial charge in [0, 0.05) is 35.5 Å². The van der Waals surface area contributed by atoms with Crippen molar-refractivity contribution in [1.82, 2.24) is 4.98 Å². The van der Waals surface area contributed by atoms with Crippen molar-refractivity contribution in [3.8, 4) is 0 Å². The Morgan fingerprint density at radius 2 is 1.90 bits per heavy atom. The zero-order chi connectivity index (χ0) is 14.5. The van der Waals surface area contributed by atoms with Crippen molar-refractivity contribution in [2.75, 3.05) is 23.3 Å². The lowest BCUT2D eigenvalue weighted by Gasteiger charge is -2.28. The highest BCUT2D eigenvalue weighted by molar-refractivity contribution is 7.11. The Bertz CT molecular complexity index is 556. The first-order valence-corrected chi connectivity index (χ1v) is 8.69. The number of thiazole rings is 1. The van der Waals surface area contributed by atoms with Gasteiger partial charge in [-0.2, -0.15) is 0 Å². The van der Waals surface area contributed by atoms with Gasteiger partial charge in [-0.3, -0.25) is 0 Å². The fourth-order valence-electron chi connectivity index (χ4n) is 2.72. The van der Waals surface area contributed by atoms with E-state index >= 15 is 0 Å². The van der Waals surface area contributed by atoms with Crippen LogP contribution in [0.25, 0.3) is 0 Å². The van der Waals surface area contributed by atoms with E-state index in [1.807, 2.05) is 6.20 Å². The van der Waals surface area contributed by atoms with E-state index in [0.29, 0.717) is 0 Å². The number of benzene rings is 1. The highest BCUT2D eigenvalue weighted by Crippen LogP contribution is 2.22. The minimum Gasteiger partial charge on any atom is -0.380 e. The summed E-state index contributed by atoms with van der Waals surface area (Å²) in [4.78, 5) is 8.18. The van der Waals surface area contributed by atoms with Crippen LogP contribution in [0.15, 0.2) is 30.5 Å². The van der Waals surface area contributed by atoms with Crippen molar-refractivity contribution in [1.29, 1.82) is 0 Å². The summed E-state index contributed by atoms with van der Waals surface area (Å²) in [7, 11) is 0. The average molecular weight is 301 g/mol. The molecule has 1 aliphatic heterocycles. The maximum Gasteiger partial charge on any atom is 0.0925 e. The predicted molar refractivity (Wildman–Crippen MR) is 91.3 cm³/mol. The molecule has 0 spiro atoms. The lowest BCUT2D eigenvalue weighted by molar-refractivity contribution is 0.578. The molecule has 0 amide bonds. The van der Waals surface area contributed by atoms with E-state index in [0.717, 1.165) is 13.0 Å². The molecule has 3 nitrogen and oxygen atoms in total. The summed E-state index contributed by atoms with van der Waals surface area (Å²) >= 11 is 1.80. The Labute approximate surface area is 131 Å². The van der Waals surface area contributed by atoms with Gasteiger partial charge in [0.25, 0.3) is 0 Å². The molecule has 0 aliphatic carbocycles. The van der Waals surface area contributed by atoms with Crippen LogP contribution in [-0.4, -0.2) is 18.1 Å². The van der Waals surface area contributed by atoms with E-state index in [1.54, 1.807) is 11.3 Å². The third-order valence-corrected chi connectivity index (χ3v) is 5.10. The molecule has 1 aliphatic rings. The van der Waals surface area contributed by atoms with E-state index in [1.165, 1.54) is 53.6 Å². The molecule has 0 radical (unpaired) electrons. The summed E-state index contributed by atoms with van der Waals surface area (Å²) in [5, 5.41) is 4.70. The molecule has 1 saturated heterocycles. The van der Waals surface area contributed by atoms with Gasteiger partial charge in [-0.15, -0.1) is 11.3 Å². The second-order valence-electron chi connectivity index (χ2n) is 5.52. The standard InChI is InChI=1S/C17H23N3S/c1-2-17-19-13-16(21-17)12-18-14-6-8-15(9-7-14)20-10-4-3-5-11-20/h6-9,13,18H,2-5,10-12H2,1H3. The number of aromatic nitrogens is 1. The van der Waals surface area contributed by atoms with Crippen LogP contribution in [0.4, 0.5) is 11.4 Å². The molecule has 1 aromatic carbocycles. The second kappa shape index (κ2) is 6.94. The highest BCUT2D eigenvalue weighted by atomic mass is 32.1. The van der Waals surface area contributed by atoms with Crippen LogP contribution in [0.2, 0.25) is 0 Å². The van der Waals surface area contributed by atoms with Crippen LogP contribution in [0.3, 0.4) is 0 Å². The number of nitrogens with zero attached hydrogens (tertiary/aromatic N) is 2. The van der Waals surface area contributed by atoms with Crippen LogP contribution in [0.1, 0.15) is 36.1 Å². The fraction of sp³-hybridized carbons (Fsp3) is 0.471. The summed E-state index contributed by atoms with van der Waals surface area (Å²) in [5.41, 5.74) is 2.54. The van der Waals surface area contributed by atoms with Crippen LogP contribution in [0.5, 0.6) is 0 Å². The summed E-state index contributed by atoms with van der Waals surface area (Å²) in [6.45, 7) is 5.41. The number of anilines is 2. The second-order valence-corrected chi connectivity index (χ2v) is 6.72. The topological polar surface area (TPSA) is 28.2 Å². The molecule has 0 unspecified atom stereocenters. The molecule has 0 atom stereocenters. The maximum atomic E-state index is 4.39. The van der Waals surface area contributed by atoms with Gasteiger partial charge in [-0.25, -0.2) is 4.98 Å². The molecule has 1 fully saturated rings. The monoisotopic (exact) mass is 301 g/mol. The van der Waals surface area contributed by atoms with Gasteiger partial charge in [0.05, 0.1) is 11.6 Å². The number of nitrogens with one attached hydrogen (secondary N) is 1. The van der Waals surface area contributed by atoms with E-state index < -0.39 is 0 Å². The smallest absolute Gasteiger partial charge is 0.0925 e. The SMILES string of the molecule is CCc1ncc(CNc2ccc(N3CCCCC3)cc2)s1. The summed E-state index contributed by atoms with van der Waals surface area (Å²) < 4.78 is 0. The van der Waals surface area contributed by atoms with Gasteiger partial charge < -0.3 is 10.2 Å². The number of piperidine rings is 1. The minimum atomic E-state index is 0.862. The quantitative estimate of drug-likeness (QED) is 0.892. The summed E-state index contributed by atoms with van der Waals surface area (Å²) in [6.07, 6.45) is 7.04. The largest absolute Gasteiger partial charge is 0.380 e. The van der Waals surface area contributed by atoms with Gasteiger partial charge in [-0.05, 0) is 49.9 Å². The van der Waals surface area contributed by atoms with Crippen molar-refractivity contribution in [3.63, 3.8) is 0 Å². The Morgan fingerprint density at radius 1 is 1.14 bits per heavy atom. The first-order chi connectivity index (χ1) is 10.3. The predicted octanol–water partition coefficient (Wildman–Crippen LogP) is 4.31. The van der Waals surface area contributed by atoms with Crippen molar-refractivity contribution in [3.05, 3.63) is 40.3 Å². The van der Waals surface area contributed by atoms with Crippen molar-refractivity contribution in [2.24, 2.45) is 0 Å². The third kappa shape index (κ3) is 3.76. The first-order valence-electron chi connectivity index (χ1n) is 7.87. The van der Waals surface area contributed by atoms with Crippen molar-refractivity contribution >= 4 is 22.7 Å². The first kappa shape index (κ1) is 14.4. The minimum absolute atomic E-state index is 0.862. The Hall–Kier alpha value is -1.55. The molecule has 1 aromatic heterocycles. The normalized spacial score (nSPS) is 15.2. The lowest BCUT2D eigenvalue weighted by atomic mass is 10.1. The number of aryl methyl sites for hydroxylation is 1. The molecule has 0 saturated carbocycles. The van der Waals surface area contributed by atoms with Gasteiger partial charge >= 0.3 is 0 Å². The molecule has 1 N–H and O–H groups in total. The van der Waals surface area contributed by atoms with Crippen LogP contribution < -0.4 is 10.2 Å². The van der Waals surface area contributed by atoms with Gasteiger partial charge in [0.2, 0.25) is 0 Å². The van der Waals surface area contributed by atoms with E-state index in [2.05, 4.69) is 46.4 Å². The highest BCUT2D eigenvalue weighted by Gasteiger charge is 2.10. The van der Waals surface area contributed by atoms with Crippen molar-refractivity contribution in [2.45, 2.75) is 39.2 Å². The number of rotatable bonds is 5. The molecule has 112 valence electrons. The molecule has 21 heavy (non-hydrogen) atoms. The Kier molecular flexibility index (Phi) is 4.76. The van der Waals surface area contributed by atoms with E-state index in [9.17, 15) is 0 Å². The fourth-order valence-corrected chi connectivity index (χ4v) is 3.53. The molecule has 0 bridgehead atoms. The molecule has 2 heterocycles. The average Bonchev–Trinajstić information content (AvgIpc) is 3.02. The molecule has 4 heteroatoms.